The Balaban J connectivity index is 1.52. The summed E-state index contributed by atoms with van der Waals surface area (Å²) in [6.07, 6.45) is 9.89. The molecule has 15 heavy (non-hydrogen) atoms. The third-order valence-corrected chi connectivity index (χ3v) is 4.10. The van der Waals surface area contributed by atoms with Crippen LogP contribution in [0.15, 0.2) is 0 Å². The maximum atomic E-state index is 3.65. The second-order valence-electron chi connectivity index (χ2n) is 5.32. The highest BCUT2D eigenvalue weighted by Crippen LogP contribution is 2.18. The summed E-state index contributed by atoms with van der Waals surface area (Å²) in [6.45, 7) is 6.26. The maximum absolute atomic E-state index is 3.65. The fourth-order valence-corrected chi connectivity index (χ4v) is 2.69. The maximum Gasteiger partial charge on any atom is 0.00670 e. The monoisotopic (exact) mass is 210 g/mol. The highest BCUT2D eigenvalue weighted by Gasteiger charge is 2.18. The van der Waals surface area contributed by atoms with Crippen molar-refractivity contribution in [3.05, 3.63) is 0 Å². The van der Waals surface area contributed by atoms with Crippen LogP contribution in [-0.4, -0.2) is 36.6 Å². The first kappa shape index (κ1) is 11.4. The van der Waals surface area contributed by atoms with E-state index in [1.165, 1.54) is 64.6 Å². The van der Waals surface area contributed by atoms with Gasteiger partial charge in [0.2, 0.25) is 0 Å². The van der Waals surface area contributed by atoms with Gasteiger partial charge in [0.25, 0.3) is 0 Å². The van der Waals surface area contributed by atoms with E-state index >= 15 is 0 Å². The van der Waals surface area contributed by atoms with Crippen molar-refractivity contribution in [2.75, 3.05) is 19.6 Å². The van der Waals surface area contributed by atoms with Crippen molar-refractivity contribution < 1.29 is 0 Å². The molecular formula is C13H26N2. The molecule has 1 saturated carbocycles. The Morgan fingerprint density at radius 1 is 1.13 bits per heavy atom. The zero-order chi connectivity index (χ0) is 10.5. The van der Waals surface area contributed by atoms with E-state index in [0.29, 0.717) is 0 Å². The third-order valence-electron chi connectivity index (χ3n) is 4.10. The Bertz CT molecular complexity index is 177. The molecule has 0 amide bonds. The molecule has 1 aliphatic carbocycles. The molecule has 1 saturated heterocycles. The minimum Gasteiger partial charge on any atom is -0.314 e. The molecule has 1 heterocycles. The van der Waals surface area contributed by atoms with Crippen LogP contribution in [0.4, 0.5) is 0 Å². The number of piperidine rings is 1. The van der Waals surface area contributed by atoms with E-state index < -0.39 is 0 Å². The summed E-state index contributed by atoms with van der Waals surface area (Å²) in [5, 5.41) is 3.65. The summed E-state index contributed by atoms with van der Waals surface area (Å²) >= 11 is 0. The second kappa shape index (κ2) is 5.86. The lowest BCUT2D eigenvalue weighted by Gasteiger charge is -2.33. The molecule has 0 aromatic heterocycles. The average Bonchev–Trinajstić information content (AvgIpc) is 2.17. The van der Waals surface area contributed by atoms with Crippen molar-refractivity contribution >= 4 is 0 Å². The molecule has 88 valence electrons. The van der Waals surface area contributed by atoms with E-state index in [4.69, 9.17) is 0 Å². The van der Waals surface area contributed by atoms with Gasteiger partial charge in [0.05, 0.1) is 0 Å². The number of hydrogen-bond donors (Lipinski definition) is 1. The lowest BCUT2D eigenvalue weighted by Crippen LogP contribution is -2.40. The van der Waals surface area contributed by atoms with E-state index in [9.17, 15) is 0 Å². The van der Waals surface area contributed by atoms with Crippen molar-refractivity contribution in [3.63, 3.8) is 0 Å². The van der Waals surface area contributed by atoms with E-state index in [1.54, 1.807) is 0 Å². The van der Waals surface area contributed by atoms with Crippen LogP contribution < -0.4 is 5.32 Å². The van der Waals surface area contributed by atoms with Gasteiger partial charge >= 0.3 is 0 Å². The van der Waals surface area contributed by atoms with Gasteiger partial charge in [0.15, 0.2) is 0 Å². The molecule has 2 aliphatic rings. The molecule has 0 bridgehead atoms. The van der Waals surface area contributed by atoms with Crippen LogP contribution >= 0.6 is 0 Å². The molecular weight excluding hydrogens is 184 g/mol. The van der Waals surface area contributed by atoms with Crippen molar-refractivity contribution in [1.29, 1.82) is 0 Å². The predicted octanol–water partition coefficient (Wildman–Crippen LogP) is 2.39. The van der Waals surface area contributed by atoms with E-state index in [0.717, 1.165) is 12.1 Å². The van der Waals surface area contributed by atoms with Crippen LogP contribution in [0.25, 0.3) is 0 Å². The molecule has 0 radical (unpaired) electrons. The Hall–Kier alpha value is -0.0800. The lowest BCUT2D eigenvalue weighted by molar-refractivity contribution is 0.157. The minimum atomic E-state index is 0.836. The van der Waals surface area contributed by atoms with Crippen LogP contribution in [0.5, 0.6) is 0 Å². The lowest BCUT2D eigenvalue weighted by atomic mass is 9.93. The summed E-state index contributed by atoms with van der Waals surface area (Å²) in [5.74, 6) is 0. The normalized spacial score (nSPS) is 29.0. The molecule has 2 nitrogen and oxygen atoms in total. The molecule has 1 N–H and O–H groups in total. The first-order chi connectivity index (χ1) is 7.36. The predicted molar refractivity (Wildman–Crippen MR) is 65.1 cm³/mol. The number of nitrogens with one attached hydrogen (secondary N) is 1. The molecule has 0 unspecified atom stereocenters. The van der Waals surface area contributed by atoms with Crippen LogP contribution in [0.2, 0.25) is 0 Å². The smallest absolute Gasteiger partial charge is 0.00670 e. The standard InChI is InChI=1S/C13H26N2/c1-12-6-2-3-10-15(12)11-5-9-14-13-7-4-8-13/h12-14H,2-11H2,1H3/t12-/m1/s1. The molecule has 1 atom stereocenters. The van der Waals surface area contributed by atoms with Crippen molar-refractivity contribution in [2.24, 2.45) is 0 Å². The topological polar surface area (TPSA) is 15.3 Å². The molecule has 1 aliphatic heterocycles. The van der Waals surface area contributed by atoms with Crippen molar-refractivity contribution in [2.45, 2.75) is 64.0 Å². The second-order valence-corrected chi connectivity index (χ2v) is 5.32. The van der Waals surface area contributed by atoms with Gasteiger partial charge in [-0.1, -0.05) is 12.8 Å². The summed E-state index contributed by atoms with van der Waals surface area (Å²) in [4.78, 5) is 2.67. The fraction of sp³-hybridized carbons (Fsp3) is 1.00. The first-order valence-corrected chi connectivity index (χ1v) is 6.83. The molecule has 0 aromatic carbocycles. The SMILES string of the molecule is C[C@@H]1CCCCN1CCCNC1CCC1. The molecule has 2 fully saturated rings. The van der Waals surface area contributed by atoms with Crippen LogP contribution in [0.1, 0.15) is 51.9 Å². The molecule has 0 spiro atoms. The Labute approximate surface area is 94.4 Å². The van der Waals surface area contributed by atoms with E-state index in [-0.39, 0.29) is 0 Å². The van der Waals surface area contributed by atoms with Crippen LogP contribution in [-0.2, 0) is 0 Å². The number of likely N-dealkylation sites (tertiary alicyclic amines) is 1. The minimum absolute atomic E-state index is 0.836. The van der Waals surface area contributed by atoms with Gasteiger partial charge < -0.3 is 10.2 Å². The van der Waals surface area contributed by atoms with Gasteiger partial charge in [-0.05, 0) is 58.7 Å². The van der Waals surface area contributed by atoms with Crippen molar-refractivity contribution in [1.82, 2.24) is 10.2 Å². The quantitative estimate of drug-likeness (QED) is 0.701. The highest BCUT2D eigenvalue weighted by molar-refractivity contribution is 4.77. The fourth-order valence-electron chi connectivity index (χ4n) is 2.69. The molecule has 2 rings (SSSR count). The van der Waals surface area contributed by atoms with Crippen molar-refractivity contribution in [3.8, 4) is 0 Å². The zero-order valence-electron chi connectivity index (χ0n) is 10.2. The van der Waals surface area contributed by atoms with Gasteiger partial charge in [0.1, 0.15) is 0 Å². The average molecular weight is 210 g/mol. The third kappa shape index (κ3) is 3.46. The summed E-state index contributed by atoms with van der Waals surface area (Å²) in [6, 6.07) is 1.70. The van der Waals surface area contributed by atoms with Gasteiger partial charge in [-0.25, -0.2) is 0 Å². The molecule has 0 aromatic rings. The highest BCUT2D eigenvalue weighted by atomic mass is 15.2. The number of hydrogen-bond acceptors (Lipinski definition) is 2. The first-order valence-electron chi connectivity index (χ1n) is 6.83. The van der Waals surface area contributed by atoms with Gasteiger partial charge in [-0.3, -0.25) is 0 Å². The van der Waals surface area contributed by atoms with Crippen LogP contribution in [0.3, 0.4) is 0 Å². The van der Waals surface area contributed by atoms with Gasteiger partial charge in [-0.15, -0.1) is 0 Å². The summed E-state index contributed by atoms with van der Waals surface area (Å²) in [5.41, 5.74) is 0. The van der Waals surface area contributed by atoms with Gasteiger partial charge in [-0.2, -0.15) is 0 Å². The number of nitrogens with zero attached hydrogens (tertiary/aromatic N) is 1. The Morgan fingerprint density at radius 3 is 2.67 bits per heavy atom. The van der Waals surface area contributed by atoms with Crippen LogP contribution in [0, 0.1) is 0 Å². The summed E-state index contributed by atoms with van der Waals surface area (Å²) < 4.78 is 0. The van der Waals surface area contributed by atoms with E-state index in [2.05, 4.69) is 17.1 Å². The Kier molecular flexibility index (Phi) is 4.45. The summed E-state index contributed by atoms with van der Waals surface area (Å²) in [7, 11) is 0. The zero-order valence-corrected chi connectivity index (χ0v) is 10.2. The number of rotatable bonds is 5. The van der Waals surface area contributed by atoms with E-state index in [1.807, 2.05) is 0 Å². The molecule has 2 heteroatoms. The largest absolute Gasteiger partial charge is 0.314 e. The van der Waals surface area contributed by atoms with Gasteiger partial charge in [0, 0.05) is 12.1 Å². The Morgan fingerprint density at radius 2 is 2.00 bits per heavy atom.